The normalized spacial score (nSPS) is 10.9. The van der Waals surface area contributed by atoms with Gasteiger partial charge in [0.25, 0.3) is 5.91 Å². The molecule has 0 aromatic heterocycles. The SMILES string of the molecule is CN(C)C(=O)COc1ccc(C(=O)/C=C/c2ccc3ccccc3c2)cc1. The van der Waals surface area contributed by atoms with Gasteiger partial charge in [0.15, 0.2) is 12.4 Å². The highest BCUT2D eigenvalue weighted by molar-refractivity contribution is 6.07. The van der Waals surface area contributed by atoms with Gasteiger partial charge in [-0.15, -0.1) is 0 Å². The van der Waals surface area contributed by atoms with Crippen molar-refractivity contribution < 1.29 is 14.3 Å². The fourth-order valence-electron chi connectivity index (χ4n) is 2.57. The highest BCUT2D eigenvalue weighted by atomic mass is 16.5. The Bertz CT molecular complexity index is 988. The quantitative estimate of drug-likeness (QED) is 0.489. The number of rotatable bonds is 6. The first kappa shape index (κ1) is 18.4. The summed E-state index contributed by atoms with van der Waals surface area (Å²) in [5.74, 6) is 0.354. The van der Waals surface area contributed by atoms with Crippen molar-refractivity contribution in [3.05, 3.63) is 83.9 Å². The zero-order valence-electron chi connectivity index (χ0n) is 15.4. The molecule has 1 amide bonds. The molecule has 0 bridgehead atoms. The van der Waals surface area contributed by atoms with Crippen molar-refractivity contribution in [3.8, 4) is 5.75 Å². The van der Waals surface area contributed by atoms with Crippen LogP contribution in [0.1, 0.15) is 15.9 Å². The lowest BCUT2D eigenvalue weighted by atomic mass is 10.1. The maximum absolute atomic E-state index is 12.4. The minimum Gasteiger partial charge on any atom is -0.484 e. The van der Waals surface area contributed by atoms with Crippen LogP contribution < -0.4 is 4.74 Å². The summed E-state index contributed by atoms with van der Waals surface area (Å²) in [6.45, 7) is -0.0256. The fraction of sp³-hybridized carbons (Fsp3) is 0.130. The van der Waals surface area contributed by atoms with Gasteiger partial charge in [-0.2, -0.15) is 0 Å². The van der Waals surface area contributed by atoms with Gasteiger partial charge in [0, 0.05) is 19.7 Å². The average Bonchev–Trinajstić information content (AvgIpc) is 2.70. The number of fused-ring (bicyclic) bond motifs is 1. The van der Waals surface area contributed by atoms with Crippen LogP contribution in [0.3, 0.4) is 0 Å². The summed E-state index contributed by atoms with van der Waals surface area (Å²) in [6.07, 6.45) is 3.38. The molecule has 0 aliphatic rings. The third-order valence-electron chi connectivity index (χ3n) is 4.20. The Morgan fingerprint density at radius 2 is 1.63 bits per heavy atom. The monoisotopic (exact) mass is 359 g/mol. The summed E-state index contributed by atoms with van der Waals surface area (Å²) in [6, 6.07) is 21.0. The summed E-state index contributed by atoms with van der Waals surface area (Å²) in [5, 5.41) is 2.31. The van der Waals surface area contributed by atoms with Gasteiger partial charge in [-0.05, 0) is 52.7 Å². The van der Waals surface area contributed by atoms with Gasteiger partial charge in [0.1, 0.15) is 5.75 Å². The molecule has 0 aliphatic carbocycles. The number of hydrogen-bond acceptors (Lipinski definition) is 3. The van der Waals surface area contributed by atoms with E-state index in [9.17, 15) is 9.59 Å². The molecule has 0 saturated heterocycles. The molecular formula is C23H21NO3. The van der Waals surface area contributed by atoms with Crippen LogP contribution in [-0.4, -0.2) is 37.3 Å². The number of likely N-dealkylation sites (N-methyl/N-ethyl adjacent to an activating group) is 1. The van der Waals surface area contributed by atoms with Crippen LogP contribution in [0.2, 0.25) is 0 Å². The summed E-state index contributed by atoms with van der Waals surface area (Å²) >= 11 is 0. The first-order chi connectivity index (χ1) is 13.0. The Balaban J connectivity index is 1.64. The maximum atomic E-state index is 12.4. The maximum Gasteiger partial charge on any atom is 0.259 e. The van der Waals surface area contributed by atoms with Crippen LogP contribution >= 0.6 is 0 Å². The number of carbonyl (C=O) groups is 2. The zero-order valence-corrected chi connectivity index (χ0v) is 15.4. The Morgan fingerprint density at radius 1 is 0.926 bits per heavy atom. The molecule has 0 aliphatic heterocycles. The molecule has 0 saturated carbocycles. The van der Waals surface area contributed by atoms with E-state index in [0.717, 1.165) is 10.9 Å². The van der Waals surface area contributed by atoms with E-state index in [1.807, 2.05) is 36.4 Å². The Morgan fingerprint density at radius 3 is 2.33 bits per heavy atom. The first-order valence-electron chi connectivity index (χ1n) is 8.67. The van der Waals surface area contributed by atoms with Gasteiger partial charge in [-0.3, -0.25) is 9.59 Å². The molecule has 0 heterocycles. The average molecular weight is 359 g/mol. The molecule has 136 valence electrons. The number of ketones is 1. The van der Waals surface area contributed by atoms with Crippen LogP contribution in [0, 0.1) is 0 Å². The lowest BCUT2D eigenvalue weighted by Crippen LogP contribution is -2.27. The van der Waals surface area contributed by atoms with E-state index >= 15 is 0 Å². The third kappa shape index (κ3) is 4.82. The molecule has 0 atom stereocenters. The largest absolute Gasteiger partial charge is 0.484 e. The first-order valence-corrected chi connectivity index (χ1v) is 8.67. The molecular weight excluding hydrogens is 338 g/mol. The minimum absolute atomic E-state index is 0.0256. The number of allylic oxidation sites excluding steroid dienone is 1. The smallest absolute Gasteiger partial charge is 0.259 e. The molecule has 3 aromatic carbocycles. The van der Waals surface area contributed by atoms with Gasteiger partial charge in [-0.1, -0.05) is 42.5 Å². The second kappa shape index (κ2) is 8.32. The Hall–Kier alpha value is -3.40. The number of nitrogens with zero attached hydrogens (tertiary/aromatic N) is 1. The van der Waals surface area contributed by atoms with E-state index in [2.05, 4.69) is 12.1 Å². The molecule has 4 heteroatoms. The van der Waals surface area contributed by atoms with E-state index in [4.69, 9.17) is 4.74 Å². The lowest BCUT2D eigenvalue weighted by Gasteiger charge is -2.11. The van der Waals surface area contributed by atoms with E-state index in [-0.39, 0.29) is 18.3 Å². The highest BCUT2D eigenvalue weighted by Crippen LogP contribution is 2.17. The van der Waals surface area contributed by atoms with E-state index in [0.29, 0.717) is 11.3 Å². The van der Waals surface area contributed by atoms with Crippen LogP contribution in [0.15, 0.2) is 72.8 Å². The van der Waals surface area contributed by atoms with Crippen molar-refractivity contribution in [2.75, 3.05) is 20.7 Å². The van der Waals surface area contributed by atoms with Crippen LogP contribution in [0.25, 0.3) is 16.8 Å². The van der Waals surface area contributed by atoms with Crippen molar-refractivity contribution in [2.45, 2.75) is 0 Å². The molecule has 0 spiro atoms. The number of ether oxygens (including phenoxy) is 1. The molecule has 27 heavy (non-hydrogen) atoms. The van der Waals surface area contributed by atoms with E-state index < -0.39 is 0 Å². The van der Waals surface area contributed by atoms with Crippen molar-refractivity contribution in [1.29, 1.82) is 0 Å². The topological polar surface area (TPSA) is 46.6 Å². The third-order valence-corrected chi connectivity index (χ3v) is 4.20. The molecule has 0 fully saturated rings. The summed E-state index contributed by atoms with van der Waals surface area (Å²) in [4.78, 5) is 25.4. The van der Waals surface area contributed by atoms with Crippen molar-refractivity contribution in [3.63, 3.8) is 0 Å². The van der Waals surface area contributed by atoms with Gasteiger partial charge >= 0.3 is 0 Å². The molecule has 0 unspecified atom stereocenters. The van der Waals surface area contributed by atoms with Crippen molar-refractivity contribution in [2.24, 2.45) is 0 Å². The number of amides is 1. The Labute approximate surface area is 158 Å². The van der Waals surface area contributed by atoms with Crippen LogP contribution in [0.5, 0.6) is 5.75 Å². The molecule has 3 rings (SSSR count). The number of carbonyl (C=O) groups excluding carboxylic acids is 2. The van der Waals surface area contributed by atoms with Crippen LogP contribution in [0.4, 0.5) is 0 Å². The number of benzene rings is 3. The standard InChI is InChI=1S/C23H21NO3/c1-24(2)23(26)16-27-21-12-10-19(11-13-21)22(25)14-8-17-7-9-18-5-3-4-6-20(18)15-17/h3-15H,16H2,1-2H3/b14-8+. The zero-order chi connectivity index (χ0) is 19.2. The summed E-state index contributed by atoms with van der Waals surface area (Å²) in [5.41, 5.74) is 1.54. The van der Waals surface area contributed by atoms with Crippen molar-refractivity contribution in [1.82, 2.24) is 4.90 Å². The van der Waals surface area contributed by atoms with E-state index in [1.54, 1.807) is 44.4 Å². The minimum atomic E-state index is -0.117. The van der Waals surface area contributed by atoms with E-state index in [1.165, 1.54) is 10.3 Å². The summed E-state index contributed by atoms with van der Waals surface area (Å²) in [7, 11) is 3.35. The predicted octanol–water partition coefficient (Wildman–Crippen LogP) is 4.20. The lowest BCUT2D eigenvalue weighted by molar-refractivity contribution is -0.130. The van der Waals surface area contributed by atoms with Gasteiger partial charge < -0.3 is 9.64 Å². The Kier molecular flexibility index (Phi) is 5.67. The molecule has 0 N–H and O–H groups in total. The second-order valence-corrected chi connectivity index (χ2v) is 6.41. The van der Waals surface area contributed by atoms with Gasteiger partial charge in [0.2, 0.25) is 0 Å². The van der Waals surface area contributed by atoms with Gasteiger partial charge in [0.05, 0.1) is 0 Å². The predicted molar refractivity (Wildman–Crippen MR) is 108 cm³/mol. The number of hydrogen-bond donors (Lipinski definition) is 0. The highest BCUT2D eigenvalue weighted by Gasteiger charge is 2.06. The molecule has 3 aromatic rings. The fourth-order valence-corrected chi connectivity index (χ4v) is 2.57. The van der Waals surface area contributed by atoms with Gasteiger partial charge in [-0.25, -0.2) is 0 Å². The molecule has 4 nitrogen and oxygen atoms in total. The molecule has 0 radical (unpaired) electrons. The van der Waals surface area contributed by atoms with Crippen LogP contribution in [-0.2, 0) is 4.79 Å². The second-order valence-electron chi connectivity index (χ2n) is 6.41. The summed E-state index contributed by atoms with van der Waals surface area (Å²) < 4.78 is 5.41. The van der Waals surface area contributed by atoms with Crippen molar-refractivity contribution >= 4 is 28.5 Å².